The molecule has 65 heavy (non-hydrogen) atoms. The summed E-state index contributed by atoms with van der Waals surface area (Å²) in [5.74, 6) is 1.53. The van der Waals surface area contributed by atoms with E-state index in [2.05, 4.69) is 229 Å². The van der Waals surface area contributed by atoms with Crippen LogP contribution in [0.3, 0.4) is 0 Å². The molecule has 2 atom stereocenters. The third-order valence-electron chi connectivity index (χ3n) is 13.5. The number of para-hydroxylation sites is 1. The molecule has 0 amide bonds. The van der Waals surface area contributed by atoms with Crippen LogP contribution in [0.25, 0.3) is 55.3 Å². The Hall–Kier alpha value is -8.34. The van der Waals surface area contributed by atoms with Gasteiger partial charge in [-0.3, -0.25) is 0 Å². The van der Waals surface area contributed by atoms with Gasteiger partial charge in [-0.25, -0.2) is 0 Å². The summed E-state index contributed by atoms with van der Waals surface area (Å²) in [6.07, 6.45) is 5.87. The first-order valence-electron chi connectivity index (χ1n) is 22.3. The van der Waals surface area contributed by atoms with Crippen LogP contribution in [0.4, 0.5) is 11.4 Å². The molecule has 0 N–H and O–H groups in total. The molecule has 0 radical (unpaired) electrons. The van der Waals surface area contributed by atoms with E-state index in [4.69, 9.17) is 13.9 Å². The Kier molecular flexibility index (Phi) is 8.53. The van der Waals surface area contributed by atoms with Crippen LogP contribution in [0.15, 0.2) is 247 Å². The Bertz CT molecular complexity index is 3460. The first-order valence-corrected chi connectivity index (χ1v) is 22.3. The molecule has 0 spiro atoms. The van der Waals surface area contributed by atoms with E-state index < -0.39 is 5.41 Å². The maximum Gasteiger partial charge on any atom is 0.170 e. The zero-order chi connectivity index (χ0) is 42.9. The molecule has 0 saturated carbocycles. The summed E-state index contributed by atoms with van der Waals surface area (Å²) in [6.45, 7) is 0. The standard InChI is InChI=1S/C61H41NO3/c1-4-15-40(16-5-1)42-17-14-22-47(37-42)62(46-30-27-41(28-31-46)43-29-33-50-49-23-11-13-26-54(49)63-57(50)38-43)48-32-35-55-58(39-48)64-56-36-34-53-59(60(56)65-55)51-24-10-12-25-52(51)61(53,44-18-6-2-7-19-44)45-20-8-3-9-21-45/h1-39,55,58H. The van der Waals surface area contributed by atoms with E-state index in [1.165, 1.54) is 22.3 Å². The molecule has 1 aromatic heterocycles. The Balaban J connectivity index is 0.895. The van der Waals surface area contributed by atoms with Crippen LogP contribution in [0.2, 0.25) is 0 Å². The summed E-state index contributed by atoms with van der Waals surface area (Å²) in [5.41, 5.74) is 16.0. The van der Waals surface area contributed by atoms with E-state index in [-0.39, 0.29) is 12.2 Å². The number of hydrogen-bond acceptors (Lipinski definition) is 4. The van der Waals surface area contributed by atoms with Gasteiger partial charge >= 0.3 is 0 Å². The molecule has 2 unspecified atom stereocenters. The molecule has 2 aliphatic carbocycles. The zero-order valence-corrected chi connectivity index (χ0v) is 35.3. The first kappa shape index (κ1) is 37.2. The maximum atomic E-state index is 7.15. The molecule has 308 valence electrons. The summed E-state index contributed by atoms with van der Waals surface area (Å²) >= 11 is 0. The van der Waals surface area contributed by atoms with Crippen molar-refractivity contribution in [3.63, 3.8) is 0 Å². The Labute approximate surface area is 377 Å². The third-order valence-corrected chi connectivity index (χ3v) is 13.5. The number of anilines is 2. The van der Waals surface area contributed by atoms with Crippen LogP contribution in [0, 0.1) is 0 Å². The fraction of sp³-hybridized carbons (Fsp3) is 0.0492. The fourth-order valence-corrected chi connectivity index (χ4v) is 10.6. The molecular formula is C61H41NO3. The van der Waals surface area contributed by atoms with Gasteiger partial charge in [0.2, 0.25) is 0 Å². The molecule has 13 rings (SSSR count). The van der Waals surface area contributed by atoms with Gasteiger partial charge in [0.05, 0.1) is 5.41 Å². The van der Waals surface area contributed by atoms with Crippen molar-refractivity contribution >= 4 is 33.3 Å². The second kappa shape index (κ2) is 14.9. The summed E-state index contributed by atoms with van der Waals surface area (Å²) in [4.78, 5) is 2.32. The van der Waals surface area contributed by atoms with Gasteiger partial charge in [-0.1, -0.05) is 170 Å². The largest absolute Gasteiger partial charge is 0.478 e. The molecule has 2 heterocycles. The molecule has 9 aromatic carbocycles. The van der Waals surface area contributed by atoms with Crippen LogP contribution < -0.4 is 14.4 Å². The zero-order valence-electron chi connectivity index (χ0n) is 35.3. The minimum atomic E-state index is -0.524. The van der Waals surface area contributed by atoms with Crippen molar-refractivity contribution in [2.24, 2.45) is 0 Å². The van der Waals surface area contributed by atoms with Crippen molar-refractivity contribution in [1.29, 1.82) is 0 Å². The van der Waals surface area contributed by atoms with Gasteiger partial charge in [0, 0.05) is 33.4 Å². The smallest absolute Gasteiger partial charge is 0.170 e. The number of benzene rings is 9. The van der Waals surface area contributed by atoms with Crippen molar-refractivity contribution in [2.75, 3.05) is 4.90 Å². The van der Waals surface area contributed by atoms with Crippen LogP contribution in [-0.4, -0.2) is 12.2 Å². The second-order valence-corrected chi connectivity index (χ2v) is 17.1. The van der Waals surface area contributed by atoms with Gasteiger partial charge in [-0.15, -0.1) is 0 Å². The normalized spacial score (nSPS) is 16.4. The van der Waals surface area contributed by atoms with Gasteiger partial charge in [-0.05, 0) is 117 Å². The summed E-state index contributed by atoms with van der Waals surface area (Å²) in [6, 6.07) is 77.7. The monoisotopic (exact) mass is 835 g/mol. The average molecular weight is 836 g/mol. The SMILES string of the molecule is C1=CC2Oc3c(ccc4c3-c3ccccc3C4(c3ccccc3)c3ccccc3)OC2C=C1N(c1ccc(-c2ccc3c(c2)oc2ccccc23)cc1)c1cccc(-c2ccccc2)c1. The Morgan fingerprint density at radius 3 is 1.88 bits per heavy atom. The maximum absolute atomic E-state index is 7.15. The van der Waals surface area contributed by atoms with Crippen LogP contribution in [-0.2, 0) is 5.41 Å². The molecule has 0 fully saturated rings. The van der Waals surface area contributed by atoms with Crippen molar-refractivity contribution in [3.8, 4) is 44.9 Å². The predicted molar refractivity (Wildman–Crippen MR) is 263 cm³/mol. The van der Waals surface area contributed by atoms with Gasteiger partial charge in [0.25, 0.3) is 0 Å². The van der Waals surface area contributed by atoms with Gasteiger partial charge in [-0.2, -0.15) is 0 Å². The highest BCUT2D eigenvalue weighted by Gasteiger charge is 2.49. The molecule has 1 aliphatic heterocycles. The molecule has 4 heteroatoms. The van der Waals surface area contributed by atoms with Gasteiger partial charge in [0.1, 0.15) is 11.2 Å². The lowest BCUT2D eigenvalue weighted by atomic mass is 9.68. The van der Waals surface area contributed by atoms with E-state index >= 15 is 0 Å². The molecule has 3 aliphatic rings. The highest BCUT2D eigenvalue weighted by Crippen LogP contribution is 2.61. The molecule has 0 saturated heterocycles. The number of rotatable bonds is 7. The minimum absolute atomic E-state index is 0.332. The summed E-state index contributed by atoms with van der Waals surface area (Å²) < 4.78 is 20.5. The highest BCUT2D eigenvalue weighted by molar-refractivity contribution is 6.06. The molecule has 4 nitrogen and oxygen atoms in total. The highest BCUT2D eigenvalue weighted by atomic mass is 16.6. The summed E-state index contributed by atoms with van der Waals surface area (Å²) in [7, 11) is 0. The van der Waals surface area contributed by atoms with Crippen molar-refractivity contribution in [3.05, 3.63) is 265 Å². The number of allylic oxidation sites excluding steroid dienone is 1. The summed E-state index contributed by atoms with van der Waals surface area (Å²) in [5, 5.41) is 2.25. The lowest BCUT2D eigenvalue weighted by molar-refractivity contribution is 0.0755. The third kappa shape index (κ3) is 5.91. The predicted octanol–water partition coefficient (Wildman–Crippen LogP) is 15.1. The van der Waals surface area contributed by atoms with Gasteiger partial charge in [0.15, 0.2) is 23.7 Å². The van der Waals surface area contributed by atoms with Crippen LogP contribution in [0.1, 0.15) is 22.3 Å². The Morgan fingerprint density at radius 2 is 1.08 bits per heavy atom. The van der Waals surface area contributed by atoms with Gasteiger partial charge < -0.3 is 18.8 Å². The fourth-order valence-electron chi connectivity index (χ4n) is 10.6. The quantitative estimate of drug-likeness (QED) is 0.160. The Morgan fingerprint density at radius 1 is 0.431 bits per heavy atom. The van der Waals surface area contributed by atoms with Crippen LogP contribution in [0.5, 0.6) is 11.5 Å². The molecule has 10 aromatic rings. The van der Waals surface area contributed by atoms with Crippen molar-refractivity contribution in [2.45, 2.75) is 17.6 Å². The number of ether oxygens (including phenoxy) is 2. The van der Waals surface area contributed by atoms with E-state index in [1.807, 2.05) is 12.1 Å². The molecule has 0 bridgehead atoms. The number of furan rings is 1. The number of fused-ring (bicyclic) bond motifs is 9. The number of nitrogens with zero attached hydrogens (tertiary/aromatic N) is 1. The molecular weight excluding hydrogens is 795 g/mol. The average Bonchev–Trinajstić information content (AvgIpc) is 3.91. The van der Waals surface area contributed by atoms with E-state index in [0.717, 1.165) is 83.9 Å². The van der Waals surface area contributed by atoms with E-state index in [1.54, 1.807) is 0 Å². The first-order chi connectivity index (χ1) is 32.2. The van der Waals surface area contributed by atoms with Crippen LogP contribution >= 0.6 is 0 Å². The van der Waals surface area contributed by atoms with E-state index in [0.29, 0.717) is 0 Å². The van der Waals surface area contributed by atoms with Crippen molar-refractivity contribution in [1.82, 2.24) is 0 Å². The topological polar surface area (TPSA) is 34.8 Å². The number of hydrogen-bond donors (Lipinski definition) is 0. The minimum Gasteiger partial charge on any atom is -0.478 e. The van der Waals surface area contributed by atoms with E-state index in [9.17, 15) is 0 Å². The lowest BCUT2D eigenvalue weighted by Crippen LogP contribution is -2.40. The second-order valence-electron chi connectivity index (χ2n) is 17.1. The van der Waals surface area contributed by atoms with Crippen molar-refractivity contribution < 1.29 is 13.9 Å². The lowest BCUT2D eigenvalue weighted by Gasteiger charge is -2.37.